The number of hydrogen-bond acceptors (Lipinski definition) is 1. The first-order valence-electron chi connectivity index (χ1n) is 7.24. The molecular formula is C16H24FN. The molecule has 0 heterocycles. The van der Waals surface area contributed by atoms with E-state index in [1.807, 2.05) is 12.1 Å². The Morgan fingerprint density at radius 3 is 2.67 bits per heavy atom. The summed E-state index contributed by atoms with van der Waals surface area (Å²) in [6.45, 7) is 3.15. The van der Waals surface area contributed by atoms with Crippen molar-refractivity contribution in [3.63, 3.8) is 0 Å². The van der Waals surface area contributed by atoms with E-state index in [2.05, 4.69) is 12.2 Å². The molecule has 1 aromatic carbocycles. The van der Waals surface area contributed by atoms with E-state index in [1.165, 1.54) is 32.1 Å². The van der Waals surface area contributed by atoms with Gasteiger partial charge in [-0.2, -0.15) is 0 Å². The van der Waals surface area contributed by atoms with Gasteiger partial charge in [-0.05, 0) is 50.3 Å². The topological polar surface area (TPSA) is 12.0 Å². The summed E-state index contributed by atoms with van der Waals surface area (Å²) in [5, 5.41) is 3.56. The molecule has 1 fully saturated rings. The van der Waals surface area contributed by atoms with Crippen LogP contribution in [0.1, 0.15) is 44.6 Å². The van der Waals surface area contributed by atoms with Gasteiger partial charge in [0.25, 0.3) is 0 Å². The maximum Gasteiger partial charge on any atom is 0.126 e. The molecule has 0 saturated heterocycles. The second kappa shape index (κ2) is 6.89. The molecule has 0 radical (unpaired) electrons. The van der Waals surface area contributed by atoms with Gasteiger partial charge in [0.05, 0.1) is 0 Å². The van der Waals surface area contributed by atoms with E-state index in [0.29, 0.717) is 6.04 Å². The quantitative estimate of drug-likeness (QED) is 0.834. The lowest BCUT2D eigenvalue weighted by Gasteiger charge is -2.28. The SMILES string of the molecule is CC(NCCc1ccccc1F)C1CCCCC1. The van der Waals surface area contributed by atoms with Gasteiger partial charge in [0.15, 0.2) is 0 Å². The normalized spacial score (nSPS) is 18.8. The summed E-state index contributed by atoms with van der Waals surface area (Å²) in [6, 6.07) is 7.64. The number of halogens is 1. The Bertz CT molecular complexity index is 358. The molecule has 2 heteroatoms. The van der Waals surface area contributed by atoms with E-state index < -0.39 is 0 Å². The van der Waals surface area contributed by atoms with E-state index in [1.54, 1.807) is 12.1 Å². The van der Waals surface area contributed by atoms with Crippen molar-refractivity contribution < 1.29 is 4.39 Å². The van der Waals surface area contributed by atoms with Crippen molar-refractivity contribution in [3.8, 4) is 0 Å². The van der Waals surface area contributed by atoms with Crippen molar-refractivity contribution in [1.29, 1.82) is 0 Å². The standard InChI is InChI=1S/C16H24FN/c1-13(14-7-3-2-4-8-14)18-12-11-15-9-5-6-10-16(15)17/h5-6,9-10,13-14,18H,2-4,7-8,11-12H2,1H3. The van der Waals surface area contributed by atoms with E-state index in [0.717, 1.165) is 24.4 Å². The van der Waals surface area contributed by atoms with Gasteiger partial charge in [-0.15, -0.1) is 0 Å². The fourth-order valence-corrected chi connectivity index (χ4v) is 2.94. The van der Waals surface area contributed by atoms with Gasteiger partial charge in [0, 0.05) is 6.04 Å². The highest BCUT2D eigenvalue weighted by molar-refractivity contribution is 5.17. The maximum atomic E-state index is 13.4. The van der Waals surface area contributed by atoms with Crippen molar-refractivity contribution in [2.45, 2.75) is 51.5 Å². The zero-order valence-corrected chi connectivity index (χ0v) is 11.3. The first kappa shape index (κ1) is 13.5. The molecule has 0 aromatic heterocycles. The van der Waals surface area contributed by atoms with Gasteiger partial charge in [0.1, 0.15) is 5.82 Å². The van der Waals surface area contributed by atoms with Gasteiger partial charge in [-0.3, -0.25) is 0 Å². The van der Waals surface area contributed by atoms with E-state index >= 15 is 0 Å². The fourth-order valence-electron chi connectivity index (χ4n) is 2.94. The second-order valence-electron chi connectivity index (χ2n) is 5.48. The van der Waals surface area contributed by atoms with Crippen molar-refractivity contribution in [2.75, 3.05) is 6.54 Å². The van der Waals surface area contributed by atoms with Crippen molar-refractivity contribution in [1.82, 2.24) is 5.32 Å². The Kier molecular flexibility index (Phi) is 5.18. The van der Waals surface area contributed by atoms with Crippen LogP contribution in [0.3, 0.4) is 0 Å². The average Bonchev–Trinajstić information content (AvgIpc) is 2.42. The van der Waals surface area contributed by atoms with Gasteiger partial charge in [-0.25, -0.2) is 4.39 Å². The first-order chi connectivity index (χ1) is 8.77. The predicted octanol–water partition coefficient (Wildman–Crippen LogP) is 3.93. The molecule has 0 aliphatic heterocycles. The van der Waals surface area contributed by atoms with Crippen LogP contribution in [0, 0.1) is 11.7 Å². The Morgan fingerprint density at radius 2 is 1.94 bits per heavy atom. The van der Waals surface area contributed by atoms with E-state index in [9.17, 15) is 4.39 Å². The summed E-state index contributed by atoms with van der Waals surface area (Å²) < 4.78 is 13.4. The summed E-state index contributed by atoms with van der Waals surface area (Å²) in [5.74, 6) is 0.740. The Hall–Kier alpha value is -0.890. The molecule has 0 spiro atoms. The summed E-state index contributed by atoms with van der Waals surface area (Å²) in [5.41, 5.74) is 0.820. The Morgan fingerprint density at radius 1 is 1.22 bits per heavy atom. The molecule has 1 N–H and O–H groups in total. The maximum absolute atomic E-state index is 13.4. The van der Waals surface area contributed by atoms with Crippen molar-refractivity contribution in [3.05, 3.63) is 35.6 Å². The molecule has 1 unspecified atom stereocenters. The molecule has 1 atom stereocenters. The largest absolute Gasteiger partial charge is 0.314 e. The smallest absolute Gasteiger partial charge is 0.126 e. The first-order valence-corrected chi connectivity index (χ1v) is 7.24. The Balaban J connectivity index is 1.73. The zero-order chi connectivity index (χ0) is 12.8. The lowest BCUT2D eigenvalue weighted by Crippen LogP contribution is -2.35. The molecule has 1 aliphatic carbocycles. The van der Waals surface area contributed by atoms with Gasteiger partial charge in [-0.1, -0.05) is 37.5 Å². The van der Waals surface area contributed by atoms with Crippen LogP contribution in [0.5, 0.6) is 0 Å². The predicted molar refractivity (Wildman–Crippen MR) is 74.1 cm³/mol. The third kappa shape index (κ3) is 3.81. The molecule has 18 heavy (non-hydrogen) atoms. The van der Waals surface area contributed by atoms with Crippen LogP contribution in [0.25, 0.3) is 0 Å². The minimum atomic E-state index is -0.0791. The van der Waals surface area contributed by atoms with Crippen LogP contribution in [-0.2, 0) is 6.42 Å². The molecule has 0 bridgehead atoms. The highest BCUT2D eigenvalue weighted by Crippen LogP contribution is 2.26. The lowest BCUT2D eigenvalue weighted by atomic mass is 9.84. The molecule has 2 rings (SSSR count). The van der Waals surface area contributed by atoms with Crippen LogP contribution in [0.4, 0.5) is 4.39 Å². The molecule has 100 valence electrons. The second-order valence-corrected chi connectivity index (χ2v) is 5.48. The monoisotopic (exact) mass is 249 g/mol. The lowest BCUT2D eigenvalue weighted by molar-refractivity contribution is 0.282. The molecule has 1 saturated carbocycles. The molecule has 1 aliphatic rings. The third-order valence-electron chi connectivity index (χ3n) is 4.18. The average molecular weight is 249 g/mol. The minimum Gasteiger partial charge on any atom is -0.314 e. The molecular weight excluding hydrogens is 225 g/mol. The number of hydrogen-bond donors (Lipinski definition) is 1. The summed E-state index contributed by atoms with van der Waals surface area (Å²) in [7, 11) is 0. The molecule has 0 amide bonds. The summed E-state index contributed by atoms with van der Waals surface area (Å²) in [4.78, 5) is 0. The minimum absolute atomic E-state index is 0.0791. The van der Waals surface area contributed by atoms with Crippen LogP contribution < -0.4 is 5.32 Å². The molecule has 1 aromatic rings. The fraction of sp³-hybridized carbons (Fsp3) is 0.625. The zero-order valence-electron chi connectivity index (χ0n) is 11.3. The number of nitrogens with one attached hydrogen (secondary N) is 1. The summed E-state index contributed by atoms with van der Waals surface area (Å²) >= 11 is 0. The third-order valence-corrected chi connectivity index (χ3v) is 4.18. The van der Waals surface area contributed by atoms with Gasteiger partial charge in [0.2, 0.25) is 0 Å². The van der Waals surface area contributed by atoms with Crippen LogP contribution in [0.15, 0.2) is 24.3 Å². The highest BCUT2D eigenvalue weighted by Gasteiger charge is 2.19. The van der Waals surface area contributed by atoms with Crippen molar-refractivity contribution >= 4 is 0 Å². The van der Waals surface area contributed by atoms with Crippen LogP contribution in [-0.4, -0.2) is 12.6 Å². The van der Waals surface area contributed by atoms with Crippen LogP contribution >= 0.6 is 0 Å². The highest BCUT2D eigenvalue weighted by atomic mass is 19.1. The Labute approximate surface area is 110 Å². The van der Waals surface area contributed by atoms with Gasteiger partial charge >= 0.3 is 0 Å². The van der Waals surface area contributed by atoms with Crippen molar-refractivity contribution in [2.24, 2.45) is 5.92 Å². The molecule has 1 nitrogen and oxygen atoms in total. The van der Waals surface area contributed by atoms with E-state index in [4.69, 9.17) is 0 Å². The number of rotatable bonds is 5. The van der Waals surface area contributed by atoms with Crippen LogP contribution in [0.2, 0.25) is 0 Å². The van der Waals surface area contributed by atoms with Gasteiger partial charge < -0.3 is 5.32 Å². The summed E-state index contributed by atoms with van der Waals surface area (Å²) in [6.07, 6.45) is 7.65. The van der Waals surface area contributed by atoms with E-state index in [-0.39, 0.29) is 5.82 Å². The number of benzene rings is 1.